The van der Waals surface area contributed by atoms with E-state index < -0.39 is 0 Å². The Bertz CT molecular complexity index is 557. The lowest BCUT2D eigenvalue weighted by molar-refractivity contribution is 0.202. The van der Waals surface area contributed by atoms with Crippen LogP contribution in [0.5, 0.6) is 0 Å². The molecule has 0 spiro atoms. The zero-order valence-corrected chi connectivity index (χ0v) is 9.54. The van der Waals surface area contributed by atoms with E-state index in [9.17, 15) is 4.79 Å². The van der Waals surface area contributed by atoms with Crippen LogP contribution in [0.1, 0.15) is 11.3 Å². The van der Waals surface area contributed by atoms with Crippen LogP contribution in [-0.4, -0.2) is 18.7 Å². The molecule has 3 nitrogen and oxygen atoms in total. The zero-order chi connectivity index (χ0) is 11.5. The van der Waals surface area contributed by atoms with Gasteiger partial charge < -0.3 is 9.72 Å². The number of aromatic amines is 1. The average Bonchev–Trinajstić information content (AvgIpc) is 2.26. The molecule has 0 unspecified atom stereocenters. The van der Waals surface area contributed by atoms with E-state index >= 15 is 0 Å². The number of methoxy groups -OCH3 is 1. The summed E-state index contributed by atoms with van der Waals surface area (Å²) in [5.41, 5.74) is 3.03. The Kier molecular flexibility index (Phi) is 3.06. The largest absolute Gasteiger partial charge is 0.384 e. The van der Waals surface area contributed by atoms with Crippen LogP contribution in [-0.2, 0) is 11.2 Å². The third kappa shape index (κ3) is 1.99. The number of ether oxygens (including phenoxy) is 1. The van der Waals surface area contributed by atoms with Crippen molar-refractivity contribution in [2.24, 2.45) is 0 Å². The quantitative estimate of drug-likeness (QED) is 0.854. The van der Waals surface area contributed by atoms with E-state index in [2.05, 4.69) is 4.98 Å². The molecule has 2 rings (SSSR count). The molecule has 3 heteroatoms. The summed E-state index contributed by atoms with van der Waals surface area (Å²) in [6.45, 7) is 2.56. The Morgan fingerprint density at radius 2 is 2.19 bits per heavy atom. The van der Waals surface area contributed by atoms with Crippen LogP contribution >= 0.6 is 0 Å². The van der Waals surface area contributed by atoms with Crippen molar-refractivity contribution in [3.63, 3.8) is 0 Å². The van der Waals surface area contributed by atoms with Crippen LogP contribution < -0.4 is 5.43 Å². The van der Waals surface area contributed by atoms with Crippen LogP contribution in [0.2, 0.25) is 0 Å². The van der Waals surface area contributed by atoms with Crippen molar-refractivity contribution in [3.8, 4) is 0 Å². The van der Waals surface area contributed by atoms with Crippen molar-refractivity contribution in [2.45, 2.75) is 13.3 Å². The maximum atomic E-state index is 11.8. The predicted octanol–water partition coefficient (Wildman–Crippen LogP) is 2.03. The molecule has 0 atom stereocenters. The maximum Gasteiger partial charge on any atom is 0.189 e. The summed E-state index contributed by atoms with van der Waals surface area (Å²) in [5.74, 6) is 0. The van der Waals surface area contributed by atoms with Gasteiger partial charge in [-0.05, 0) is 25.0 Å². The van der Waals surface area contributed by atoms with Gasteiger partial charge in [0.25, 0.3) is 0 Å². The fourth-order valence-electron chi connectivity index (χ4n) is 1.88. The van der Waals surface area contributed by atoms with E-state index in [0.29, 0.717) is 6.61 Å². The smallest absolute Gasteiger partial charge is 0.189 e. The van der Waals surface area contributed by atoms with Crippen LogP contribution in [0.15, 0.2) is 29.1 Å². The fraction of sp³-hybridized carbons (Fsp3) is 0.308. The number of para-hydroxylation sites is 1. The standard InChI is InChI=1S/C13H15NO2/c1-9-8-12(15)11-5-3-4-10(6-7-16-2)13(11)14-9/h3-5,8H,6-7H2,1-2H3,(H,14,15). The van der Waals surface area contributed by atoms with Crippen LogP contribution in [0.25, 0.3) is 10.9 Å². The van der Waals surface area contributed by atoms with E-state index in [1.165, 1.54) is 0 Å². The second-order valence-electron chi connectivity index (χ2n) is 3.90. The average molecular weight is 217 g/mol. The number of hydrogen-bond donors (Lipinski definition) is 1. The molecule has 0 aliphatic rings. The molecular formula is C13H15NO2. The van der Waals surface area contributed by atoms with Gasteiger partial charge in [-0.15, -0.1) is 0 Å². The SMILES string of the molecule is COCCc1cccc2c(=O)cc(C)[nH]c12. The van der Waals surface area contributed by atoms with Gasteiger partial charge in [-0.1, -0.05) is 12.1 Å². The lowest BCUT2D eigenvalue weighted by atomic mass is 10.1. The number of pyridine rings is 1. The second kappa shape index (κ2) is 4.49. The van der Waals surface area contributed by atoms with Crippen LogP contribution in [0.3, 0.4) is 0 Å². The molecule has 0 aliphatic carbocycles. The third-order valence-corrected chi connectivity index (χ3v) is 2.66. The lowest BCUT2D eigenvalue weighted by Gasteiger charge is -2.06. The summed E-state index contributed by atoms with van der Waals surface area (Å²) in [6.07, 6.45) is 0.813. The normalized spacial score (nSPS) is 10.9. The molecule has 0 bridgehead atoms. The van der Waals surface area contributed by atoms with E-state index in [-0.39, 0.29) is 5.43 Å². The molecule has 1 aromatic heterocycles. The fourth-order valence-corrected chi connectivity index (χ4v) is 1.88. The highest BCUT2D eigenvalue weighted by atomic mass is 16.5. The molecule has 1 aromatic carbocycles. The number of nitrogens with one attached hydrogen (secondary N) is 1. The van der Waals surface area contributed by atoms with Gasteiger partial charge in [0, 0.05) is 24.3 Å². The summed E-state index contributed by atoms with van der Waals surface area (Å²) in [6, 6.07) is 7.42. The van der Waals surface area contributed by atoms with Gasteiger partial charge in [-0.25, -0.2) is 0 Å². The number of benzene rings is 1. The van der Waals surface area contributed by atoms with Gasteiger partial charge in [0.1, 0.15) is 0 Å². The van der Waals surface area contributed by atoms with Crippen molar-refractivity contribution in [3.05, 3.63) is 45.7 Å². The zero-order valence-electron chi connectivity index (χ0n) is 9.54. The molecule has 16 heavy (non-hydrogen) atoms. The number of fused-ring (bicyclic) bond motifs is 1. The van der Waals surface area contributed by atoms with Gasteiger partial charge in [-0.3, -0.25) is 4.79 Å². The van der Waals surface area contributed by atoms with Crippen LogP contribution in [0, 0.1) is 6.92 Å². The Labute approximate surface area is 94.1 Å². The molecule has 2 aromatic rings. The molecule has 0 fully saturated rings. The number of H-pyrrole nitrogens is 1. The van der Waals surface area contributed by atoms with Gasteiger partial charge in [-0.2, -0.15) is 0 Å². The molecule has 84 valence electrons. The molecule has 1 heterocycles. The monoisotopic (exact) mass is 217 g/mol. The third-order valence-electron chi connectivity index (χ3n) is 2.66. The topological polar surface area (TPSA) is 42.1 Å². The highest BCUT2D eigenvalue weighted by Crippen LogP contribution is 2.14. The van der Waals surface area contributed by atoms with E-state index in [0.717, 1.165) is 28.6 Å². The lowest BCUT2D eigenvalue weighted by Crippen LogP contribution is -2.05. The summed E-state index contributed by atoms with van der Waals surface area (Å²) in [4.78, 5) is 15.0. The Hall–Kier alpha value is -1.61. The molecule has 0 aliphatic heterocycles. The summed E-state index contributed by atoms with van der Waals surface area (Å²) < 4.78 is 5.06. The summed E-state index contributed by atoms with van der Waals surface area (Å²) in [7, 11) is 1.68. The molecular weight excluding hydrogens is 202 g/mol. The van der Waals surface area contributed by atoms with Crippen LogP contribution in [0.4, 0.5) is 0 Å². The van der Waals surface area contributed by atoms with Crippen molar-refractivity contribution < 1.29 is 4.74 Å². The number of rotatable bonds is 3. The number of aromatic nitrogens is 1. The first kappa shape index (κ1) is 10.9. The van der Waals surface area contributed by atoms with Crippen molar-refractivity contribution in [1.82, 2.24) is 4.98 Å². The number of hydrogen-bond acceptors (Lipinski definition) is 2. The van der Waals surface area contributed by atoms with Gasteiger partial charge >= 0.3 is 0 Å². The minimum atomic E-state index is 0.0746. The van der Waals surface area contributed by atoms with Gasteiger partial charge in [0.15, 0.2) is 5.43 Å². The summed E-state index contributed by atoms with van der Waals surface area (Å²) in [5, 5.41) is 0.749. The van der Waals surface area contributed by atoms with Crippen molar-refractivity contribution >= 4 is 10.9 Å². The first-order valence-corrected chi connectivity index (χ1v) is 5.33. The Balaban J connectivity index is 2.62. The van der Waals surface area contributed by atoms with E-state index in [1.807, 2.05) is 25.1 Å². The highest BCUT2D eigenvalue weighted by Gasteiger charge is 2.04. The first-order valence-electron chi connectivity index (χ1n) is 5.33. The maximum absolute atomic E-state index is 11.8. The molecule has 0 saturated heterocycles. The first-order chi connectivity index (χ1) is 7.72. The molecule has 1 N–H and O–H groups in total. The minimum absolute atomic E-state index is 0.0746. The number of aryl methyl sites for hydroxylation is 1. The Morgan fingerprint density at radius 3 is 2.94 bits per heavy atom. The second-order valence-corrected chi connectivity index (χ2v) is 3.90. The van der Waals surface area contributed by atoms with Crippen molar-refractivity contribution in [2.75, 3.05) is 13.7 Å². The molecule has 0 saturated carbocycles. The summed E-state index contributed by atoms with van der Waals surface area (Å²) >= 11 is 0. The molecule has 0 amide bonds. The van der Waals surface area contributed by atoms with Gasteiger partial charge in [0.05, 0.1) is 12.1 Å². The van der Waals surface area contributed by atoms with E-state index in [4.69, 9.17) is 4.74 Å². The van der Waals surface area contributed by atoms with Crippen molar-refractivity contribution in [1.29, 1.82) is 0 Å². The predicted molar refractivity (Wildman–Crippen MR) is 64.9 cm³/mol. The van der Waals surface area contributed by atoms with Gasteiger partial charge in [0.2, 0.25) is 0 Å². The molecule has 0 radical (unpaired) electrons. The minimum Gasteiger partial charge on any atom is -0.384 e. The van der Waals surface area contributed by atoms with E-state index in [1.54, 1.807) is 13.2 Å². The highest BCUT2D eigenvalue weighted by molar-refractivity contribution is 5.81. The Morgan fingerprint density at radius 1 is 1.38 bits per heavy atom.